The van der Waals surface area contributed by atoms with E-state index in [1.807, 2.05) is 6.92 Å². The van der Waals surface area contributed by atoms with Crippen LogP contribution in [0.2, 0.25) is 0 Å². The van der Waals surface area contributed by atoms with Crippen LogP contribution in [0.4, 0.5) is 4.79 Å². The number of urea groups is 1. The van der Waals surface area contributed by atoms with Gasteiger partial charge in [-0.05, 0) is 24.1 Å². The first kappa shape index (κ1) is 13.5. The van der Waals surface area contributed by atoms with Gasteiger partial charge in [-0.2, -0.15) is 0 Å². The van der Waals surface area contributed by atoms with Crippen molar-refractivity contribution in [2.75, 3.05) is 13.1 Å². The van der Waals surface area contributed by atoms with Crippen LogP contribution in [-0.2, 0) is 4.79 Å². The molecule has 0 aromatic heterocycles. The van der Waals surface area contributed by atoms with Crippen molar-refractivity contribution in [2.45, 2.75) is 19.4 Å². The van der Waals surface area contributed by atoms with Gasteiger partial charge in [-0.1, -0.05) is 19.1 Å². The maximum atomic E-state index is 12.5. The molecule has 0 fully saturated rings. The second-order valence-electron chi connectivity index (χ2n) is 5.24. The number of nitrogens with one attached hydrogen (secondary N) is 2. The van der Waals surface area contributed by atoms with Crippen LogP contribution in [0, 0.1) is 0 Å². The van der Waals surface area contributed by atoms with Crippen molar-refractivity contribution in [3.63, 3.8) is 0 Å². The van der Waals surface area contributed by atoms with Gasteiger partial charge in [0.2, 0.25) is 0 Å². The molecule has 6 heteroatoms. The quantitative estimate of drug-likeness (QED) is 0.782. The van der Waals surface area contributed by atoms with Crippen LogP contribution in [0.3, 0.4) is 0 Å². The smallest absolute Gasteiger partial charge is 0.319 e. The van der Waals surface area contributed by atoms with Crippen molar-refractivity contribution in [1.82, 2.24) is 15.5 Å². The summed E-state index contributed by atoms with van der Waals surface area (Å²) in [5.74, 6) is 0.107. The fourth-order valence-corrected chi connectivity index (χ4v) is 2.80. The number of hydrogen-bond donors (Lipinski definition) is 3. The first-order valence-corrected chi connectivity index (χ1v) is 6.99. The predicted molar refractivity (Wildman–Crippen MR) is 76.4 cm³/mol. The van der Waals surface area contributed by atoms with Crippen molar-refractivity contribution >= 4 is 11.9 Å². The first-order valence-electron chi connectivity index (χ1n) is 6.99. The summed E-state index contributed by atoms with van der Waals surface area (Å²) in [7, 11) is 0. The Morgan fingerprint density at radius 1 is 1.29 bits per heavy atom. The molecule has 1 atom stereocenters. The minimum Gasteiger partial charge on any atom is -0.508 e. The number of carbonyl (C=O) groups is 2. The van der Waals surface area contributed by atoms with Crippen molar-refractivity contribution in [1.29, 1.82) is 0 Å². The van der Waals surface area contributed by atoms with Gasteiger partial charge in [0.1, 0.15) is 5.75 Å². The SMILES string of the molecule is CCCN1CC2=C(C1=O)[C@H](c1ccc(O)cc1)NC(=O)N2. The molecule has 110 valence electrons. The van der Waals surface area contributed by atoms with Crippen LogP contribution in [0.5, 0.6) is 5.75 Å². The molecule has 6 nitrogen and oxygen atoms in total. The molecule has 2 heterocycles. The van der Waals surface area contributed by atoms with Gasteiger partial charge >= 0.3 is 6.03 Å². The predicted octanol–water partition coefficient (Wildman–Crippen LogP) is 1.25. The van der Waals surface area contributed by atoms with Gasteiger partial charge in [-0.25, -0.2) is 4.79 Å². The Labute approximate surface area is 122 Å². The Morgan fingerprint density at radius 3 is 2.67 bits per heavy atom. The van der Waals surface area contributed by atoms with Gasteiger partial charge < -0.3 is 20.6 Å². The number of benzene rings is 1. The summed E-state index contributed by atoms with van der Waals surface area (Å²) in [6.07, 6.45) is 0.873. The molecular weight excluding hydrogens is 270 g/mol. The molecule has 0 spiro atoms. The number of nitrogens with zero attached hydrogens (tertiary/aromatic N) is 1. The lowest BCUT2D eigenvalue weighted by molar-refractivity contribution is -0.125. The van der Waals surface area contributed by atoms with E-state index < -0.39 is 6.04 Å². The molecule has 3 amide bonds. The standard InChI is InChI=1S/C15H17N3O3/c1-2-7-18-8-11-12(14(18)20)13(17-15(21)16-11)9-3-5-10(19)6-4-9/h3-6,13,19H,2,7-8H2,1H3,(H2,16,17,21)/t13-/m0/s1. The number of aromatic hydroxyl groups is 1. The third-order valence-electron chi connectivity index (χ3n) is 3.74. The summed E-state index contributed by atoms with van der Waals surface area (Å²) in [5, 5.41) is 14.9. The molecule has 0 aliphatic carbocycles. The number of amides is 3. The summed E-state index contributed by atoms with van der Waals surface area (Å²) >= 11 is 0. The normalized spacial score (nSPS) is 21.2. The lowest BCUT2D eigenvalue weighted by atomic mass is 9.96. The highest BCUT2D eigenvalue weighted by atomic mass is 16.3. The Hall–Kier alpha value is -2.50. The zero-order chi connectivity index (χ0) is 15.0. The van der Waals surface area contributed by atoms with Crippen LogP contribution >= 0.6 is 0 Å². The molecule has 3 N–H and O–H groups in total. The highest BCUT2D eigenvalue weighted by Crippen LogP contribution is 2.32. The molecule has 2 aliphatic heterocycles. The summed E-state index contributed by atoms with van der Waals surface area (Å²) in [4.78, 5) is 26.0. The van der Waals surface area contributed by atoms with Crippen LogP contribution in [0.1, 0.15) is 24.9 Å². The zero-order valence-electron chi connectivity index (χ0n) is 11.7. The average Bonchev–Trinajstić information content (AvgIpc) is 2.76. The minimum absolute atomic E-state index is 0.0441. The minimum atomic E-state index is -0.469. The Balaban J connectivity index is 1.96. The van der Waals surface area contributed by atoms with E-state index in [9.17, 15) is 14.7 Å². The van der Waals surface area contributed by atoms with Crippen molar-refractivity contribution in [3.8, 4) is 5.75 Å². The van der Waals surface area contributed by atoms with E-state index in [4.69, 9.17) is 0 Å². The fourth-order valence-electron chi connectivity index (χ4n) is 2.80. The lowest BCUT2D eigenvalue weighted by Gasteiger charge is -2.25. The van der Waals surface area contributed by atoms with Gasteiger partial charge in [0.05, 0.1) is 23.9 Å². The van der Waals surface area contributed by atoms with E-state index in [2.05, 4.69) is 10.6 Å². The number of phenolic OH excluding ortho intramolecular Hbond substituents is 1. The maximum absolute atomic E-state index is 12.5. The van der Waals surface area contributed by atoms with E-state index in [0.29, 0.717) is 24.4 Å². The maximum Gasteiger partial charge on any atom is 0.319 e. The Kier molecular flexibility index (Phi) is 3.29. The molecule has 1 aromatic rings. The largest absolute Gasteiger partial charge is 0.508 e. The van der Waals surface area contributed by atoms with E-state index in [1.54, 1.807) is 29.2 Å². The van der Waals surface area contributed by atoms with E-state index in [-0.39, 0.29) is 17.7 Å². The first-order chi connectivity index (χ1) is 10.1. The third-order valence-corrected chi connectivity index (χ3v) is 3.74. The summed E-state index contributed by atoms with van der Waals surface area (Å²) in [6.45, 7) is 3.13. The van der Waals surface area contributed by atoms with Crippen molar-refractivity contribution in [3.05, 3.63) is 41.1 Å². The van der Waals surface area contributed by atoms with Crippen LogP contribution in [0.25, 0.3) is 0 Å². The van der Waals surface area contributed by atoms with Crippen molar-refractivity contribution < 1.29 is 14.7 Å². The highest BCUT2D eigenvalue weighted by molar-refractivity contribution is 6.01. The lowest BCUT2D eigenvalue weighted by Crippen LogP contribution is -2.44. The number of phenols is 1. The number of carbonyl (C=O) groups excluding carboxylic acids is 2. The number of rotatable bonds is 3. The van der Waals surface area contributed by atoms with Crippen LogP contribution < -0.4 is 10.6 Å². The van der Waals surface area contributed by atoms with E-state index in [0.717, 1.165) is 12.0 Å². The summed E-state index contributed by atoms with van der Waals surface area (Å²) in [5.41, 5.74) is 2.05. The fraction of sp³-hybridized carbons (Fsp3) is 0.333. The van der Waals surface area contributed by atoms with Gasteiger partial charge in [0.25, 0.3) is 5.91 Å². The van der Waals surface area contributed by atoms with E-state index in [1.165, 1.54) is 0 Å². The topological polar surface area (TPSA) is 81.7 Å². The third kappa shape index (κ3) is 2.33. The average molecular weight is 287 g/mol. The second-order valence-corrected chi connectivity index (χ2v) is 5.24. The molecule has 3 rings (SSSR count). The van der Waals surface area contributed by atoms with Gasteiger partial charge in [-0.15, -0.1) is 0 Å². The Bertz CT molecular complexity index is 622. The highest BCUT2D eigenvalue weighted by Gasteiger charge is 2.39. The molecule has 0 saturated carbocycles. The van der Waals surface area contributed by atoms with Gasteiger partial charge in [0, 0.05) is 6.54 Å². The Morgan fingerprint density at radius 2 is 2.00 bits per heavy atom. The zero-order valence-corrected chi connectivity index (χ0v) is 11.7. The molecule has 0 saturated heterocycles. The summed E-state index contributed by atoms with van der Waals surface area (Å²) < 4.78 is 0. The molecule has 0 bridgehead atoms. The number of hydrogen-bond acceptors (Lipinski definition) is 3. The molecule has 2 aliphatic rings. The summed E-state index contributed by atoms with van der Waals surface area (Å²) in [6, 6.07) is 5.75. The molecule has 0 unspecified atom stereocenters. The monoisotopic (exact) mass is 287 g/mol. The van der Waals surface area contributed by atoms with Crippen LogP contribution in [-0.4, -0.2) is 35.0 Å². The van der Waals surface area contributed by atoms with Crippen LogP contribution in [0.15, 0.2) is 35.5 Å². The van der Waals surface area contributed by atoms with E-state index >= 15 is 0 Å². The molecule has 0 radical (unpaired) electrons. The molecule has 1 aromatic carbocycles. The second kappa shape index (κ2) is 5.12. The molecular formula is C15H17N3O3. The van der Waals surface area contributed by atoms with Gasteiger partial charge in [0.15, 0.2) is 0 Å². The van der Waals surface area contributed by atoms with Gasteiger partial charge in [-0.3, -0.25) is 4.79 Å². The molecule has 21 heavy (non-hydrogen) atoms. The van der Waals surface area contributed by atoms with Crippen molar-refractivity contribution in [2.24, 2.45) is 0 Å².